The fraction of sp³-hybridized carbons (Fsp3) is 0.667. The molecule has 0 bridgehead atoms. The fourth-order valence-corrected chi connectivity index (χ4v) is 2.52. The fourth-order valence-electron chi connectivity index (χ4n) is 2.28. The highest BCUT2D eigenvalue weighted by atomic mass is 35.5. The molecule has 0 aromatic carbocycles. The van der Waals surface area contributed by atoms with E-state index < -0.39 is 0 Å². The van der Waals surface area contributed by atoms with E-state index in [2.05, 4.69) is 10.4 Å². The first-order chi connectivity index (χ1) is 8.18. The van der Waals surface area contributed by atoms with Crippen molar-refractivity contribution in [2.75, 3.05) is 11.9 Å². The first-order valence-electron chi connectivity index (χ1n) is 6.14. The lowest BCUT2D eigenvalue weighted by Crippen LogP contribution is -2.23. The minimum Gasteiger partial charge on any atom is -0.382 e. The van der Waals surface area contributed by atoms with Gasteiger partial charge in [-0.15, -0.1) is 0 Å². The van der Waals surface area contributed by atoms with Crippen LogP contribution in [0.3, 0.4) is 0 Å². The van der Waals surface area contributed by atoms with Crippen LogP contribution in [0.15, 0.2) is 11.0 Å². The Balaban J connectivity index is 1.99. The Morgan fingerprint density at radius 3 is 2.88 bits per heavy atom. The minimum atomic E-state index is -0.250. The summed E-state index contributed by atoms with van der Waals surface area (Å²) in [5.41, 5.74) is 0.403. The van der Waals surface area contributed by atoms with Gasteiger partial charge in [0.2, 0.25) is 0 Å². The van der Waals surface area contributed by atoms with Crippen LogP contribution >= 0.6 is 11.6 Å². The second-order valence-corrected chi connectivity index (χ2v) is 5.06. The van der Waals surface area contributed by atoms with Crippen LogP contribution in [-0.2, 0) is 7.05 Å². The van der Waals surface area contributed by atoms with Crippen molar-refractivity contribution in [3.8, 4) is 0 Å². The van der Waals surface area contributed by atoms with E-state index in [4.69, 9.17) is 11.6 Å². The number of nitrogens with zero attached hydrogens (tertiary/aromatic N) is 2. The van der Waals surface area contributed by atoms with Crippen molar-refractivity contribution in [3.63, 3.8) is 0 Å². The Labute approximate surface area is 106 Å². The highest BCUT2D eigenvalue weighted by molar-refractivity contribution is 6.32. The molecule has 1 saturated carbocycles. The van der Waals surface area contributed by atoms with Gasteiger partial charge in [0.05, 0.1) is 11.9 Å². The van der Waals surface area contributed by atoms with Crippen LogP contribution in [-0.4, -0.2) is 16.3 Å². The van der Waals surface area contributed by atoms with Gasteiger partial charge in [-0.3, -0.25) is 4.79 Å². The molecule has 17 heavy (non-hydrogen) atoms. The molecular weight excluding hydrogens is 238 g/mol. The van der Waals surface area contributed by atoms with Gasteiger partial charge in [0.1, 0.15) is 5.02 Å². The number of nitrogens with one attached hydrogen (secondary N) is 1. The first-order valence-corrected chi connectivity index (χ1v) is 6.52. The van der Waals surface area contributed by atoms with Gasteiger partial charge < -0.3 is 5.32 Å². The van der Waals surface area contributed by atoms with Crippen molar-refractivity contribution in [1.82, 2.24) is 9.78 Å². The third-order valence-corrected chi connectivity index (χ3v) is 3.75. The molecule has 0 aliphatic heterocycles. The minimum absolute atomic E-state index is 0.235. The van der Waals surface area contributed by atoms with Crippen LogP contribution in [0.25, 0.3) is 0 Å². The van der Waals surface area contributed by atoms with Gasteiger partial charge in [-0.25, -0.2) is 4.68 Å². The van der Waals surface area contributed by atoms with E-state index in [0.717, 1.165) is 6.54 Å². The summed E-state index contributed by atoms with van der Waals surface area (Å²) >= 11 is 5.98. The van der Waals surface area contributed by atoms with Crippen LogP contribution in [0.5, 0.6) is 0 Å². The zero-order chi connectivity index (χ0) is 12.3. The Morgan fingerprint density at radius 2 is 2.18 bits per heavy atom. The number of hydrogen-bond acceptors (Lipinski definition) is 3. The zero-order valence-electron chi connectivity index (χ0n) is 10.1. The predicted octanol–water partition coefficient (Wildman–Crippen LogP) is 2.43. The van der Waals surface area contributed by atoms with Gasteiger partial charge >= 0.3 is 0 Å². The standard InChI is InChI=1S/C12H18ClN3O/c1-16-12(17)11(13)10(8-15-16)14-7-9-5-3-2-4-6-9/h8-9,14H,2-7H2,1H3. The Morgan fingerprint density at radius 1 is 1.47 bits per heavy atom. The van der Waals surface area contributed by atoms with E-state index in [9.17, 15) is 4.79 Å². The van der Waals surface area contributed by atoms with E-state index in [0.29, 0.717) is 11.6 Å². The maximum Gasteiger partial charge on any atom is 0.287 e. The Hall–Kier alpha value is -1.03. The highest BCUT2D eigenvalue weighted by Crippen LogP contribution is 2.24. The topological polar surface area (TPSA) is 46.9 Å². The maximum absolute atomic E-state index is 11.6. The smallest absolute Gasteiger partial charge is 0.287 e. The summed E-state index contributed by atoms with van der Waals surface area (Å²) in [5.74, 6) is 0.698. The van der Waals surface area contributed by atoms with Gasteiger partial charge in [0.15, 0.2) is 0 Å². The molecule has 1 aliphatic carbocycles. The summed E-state index contributed by atoms with van der Waals surface area (Å²) < 4.78 is 1.24. The van der Waals surface area contributed by atoms with Crippen molar-refractivity contribution >= 4 is 17.3 Å². The summed E-state index contributed by atoms with van der Waals surface area (Å²) in [5, 5.41) is 7.44. The van der Waals surface area contributed by atoms with E-state index in [1.165, 1.54) is 36.8 Å². The van der Waals surface area contributed by atoms with Gasteiger partial charge in [0.25, 0.3) is 5.56 Å². The van der Waals surface area contributed by atoms with Crippen LogP contribution in [0.1, 0.15) is 32.1 Å². The molecule has 1 fully saturated rings. The number of halogens is 1. The molecule has 0 radical (unpaired) electrons. The van der Waals surface area contributed by atoms with Gasteiger partial charge in [0, 0.05) is 13.6 Å². The zero-order valence-corrected chi connectivity index (χ0v) is 10.8. The van der Waals surface area contributed by atoms with Crippen molar-refractivity contribution in [3.05, 3.63) is 21.6 Å². The molecule has 1 aromatic heterocycles. The molecule has 1 aliphatic rings. The van der Waals surface area contributed by atoms with Crippen molar-refractivity contribution in [1.29, 1.82) is 0 Å². The third kappa shape index (κ3) is 3.00. The van der Waals surface area contributed by atoms with Crippen LogP contribution in [0.2, 0.25) is 5.02 Å². The molecule has 5 heteroatoms. The van der Waals surface area contributed by atoms with Crippen molar-refractivity contribution in [2.24, 2.45) is 13.0 Å². The molecule has 0 unspecified atom stereocenters. The SMILES string of the molecule is Cn1ncc(NCC2CCCCC2)c(Cl)c1=O. The number of hydrogen-bond donors (Lipinski definition) is 1. The molecule has 4 nitrogen and oxygen atoms in total. The lowest BCUT2D eigenvalue weighted by atomic mass is 9.89. The third-order valence-electron chi connectivity index (χ3n) is 3.38. The molecule has 1 aromatic rings. The van der Waals surface area contributed by atoms with Crippen molar-refractivity contribution in [2.45, 2.75) is 32.1 Å². The van der Waals surface area contributed by atoms with Crippen LogP contribution in [0, 0.1) is 5.92 Å². The molecule has 1 N–H and O–H groups in total. The summed E-state index contributed by atoms with van der Waals surface area (Å²) in [6, 6.07) is 0. The average molecular weight is 256 g/mol. The van der Waals surface area contributed by atoms with Crippen molar-refractivity contribution < 1.29 is 0 Å². The lowest BCUT2D eigenvalue weighted by molar-refractivity contribution is 0.373. The quantitative estimate of drug-likeness (QED) is 0.902. The summed E-state index contributed by atoms with van der Waals surface area (Å²) in [6.07, 6.45) is 8.13. The summed E-state index contributed by atoms with van der Waals surface area (Å²) in [7, 11) is 1.60. The van der Waals surface area contributed by atoms with Gasteiger partial charge in [-0.05, 0) is 18.8 Å². The molecule has 0 amide bonds. The Bertz CT molecular complexity index is 438. The second kappa shape index (κ2) is 5.54. The molecule has 0 spiro atoms. The largest absolute Gasteiger partial charge is 0.382 e. The molecule has 1 heterocycles. The number of aromatic nitrogens is 2. The highest BCUT2D eigenvalue weighted by Gasteiger charge is 2.14. The summed E-state index contributed by atoms with van der Waals surface area (Å²) in [6.45, 7) is 0.883. The maximum atomic E-state index is 11.6. The average Bonchev–Trinajstić information content (AvgIpc) is 2.36. The molecule has 0 saturated heterocycles. The van der Waals surface area contributed by atoms with Crippen LogP contribution < -0.4 is 10.9 Å². The number of rotatable bonds is 3. The normalized spacial score (nSPS) is 17.1. The van der Waals surface area contributed by atoms with Crippen LogP contribution in [0.4, 0.5) is 5.69 Å². The number of anilines is 1. The predicted molar refractivity (Wildman–Crippen MR) is 69.6 cm³/mol. The molecular formula is C12H18ClN3O. The lowest BCUT2D eigenvalue weighted by Gasteiger charge is -2.22. The van der Waals surface area contributed by atoms with E-state index >= 15 is 0 Å². The molecule has 94 valence electrons. The Kier molecular flexibility index (Phi) is 4.05. The van der Waals surface area contributed by atoms with E-state index in [1.54, 1.807) is 13.2 Å². The van der Waals surface area contributed by atoms with E-state index in [-0.39, 0.29) is 10.6 Å². The van der Waals surface area contributed by atoms with Gasteiger partial charge in [-0.2, -0.15) is 5.10 Å². The summed E-state index contributed by atoms with van der Waals surface area (Å²) in [4.78, 5) is 11.6. The van der Waals surface area contributed by atoms with E-state index in [1.807, 2.05) is 0 Å². The first kappa shape index (κ1) is 12.4. The second-order valence-electron chi connectivity index (χ2n) is 4.69. The molecule has 0 atom stereocenters. The molecule has 2 rings (SSSR count). The van der Waals surface area contributed by atoms with Gasteiger partial charge in [-0.1, -0.05) is 30.9 Å². The monoisotopic (exact) mass is 255 g/mol. The number of aryl methyl sites for hydroxylation is 1.